The molecule has 20 nitrogen and oxygen atoms in total. The molecule has 356 valence electrons. The standard InChI is InChI=1S/C48H55N11O9/c1-5-58-37(25-34(56-58)29-11-12-29)52-43-41-32-23-26(2)31(39-27(3)57-68-28(39)4)24-35(32)51-42(41)54-44(55-43)46(62)50-16-8-18-66-20-22-67-21-19-65-17-7-15-49-33-10-6-9-30-40(33)48(64)59(47(30)63)36-13-14-38(60)53-45(36)61/h6,9-10,23-25,29,36,49H,5,7-8,11-22H2,1-4H3,(H,50,62)(H,53,60,61)(H2,51,52,54,55). The van der Waals surface area contributed by atoms with E-state index in [0.29, 0.717) is 95.2 Å². The Kier molecular flexibility index (Phi) is 13.6. The van der Waals surface area contributed by atoms with Gasteiger partial charge in [0.05, 0.1) is 54.3 Å². The van der Waals surface area contributed by atoms with Gasteiger partial charge in [-0.25, -0.2) is 14.6 Å². The fourth-order valence-corrected chi connectivity index (χ4v) is 8.82. The Morgan fingerprint density at radius 3 is 2.32 bits per heavy atom. The third-order valence-corrected chi connectivity index (χ3v) is 12.4. The van der Waals surface area contributed by atoms with Gasteiger partial charge in [0.15, 0.2) is 0 Å². The number of amides is 5. The second kappa shape index (κ2) is 20.1. The molecule has 0 spiro atoms. The lowest BCUT2D eigenvalue weighted by molar-refractivity contribution is -0.136. The second-order valence-corrected chi connectivity index (χ2v) is 17.2. The maximum absolute atomic E-state index is 13.6. The number of piperidine rings is 1. The van der Waals surface area contributed by atoms with Gasteiger partial charge in [-0.3, -0.25) is 34.2 Å². The van der Waals surface area contributed by atoms with E-state index in [0.717, 1.165) is 73.7 Å². The van der Waals surface area contributed by atoms with Crippen LogP contribution in [0.1, 0.15) is 105 Å². The van der Waals surface area contributed by atoms with Crippen LogP contribution in [0.4, 0.5) is 17.3 Å². The number of aromatic amines is 1. The molecular formula is C48H55N11O9. The first-order valence-corrected chi connectivity index (χ1v) is 23.2. The molecule has 1 aliphatic carbocycles. The fourth-order valence-electron chi connectivity index (χ4n) is 8.82. The van der Waals surface area contributed by atoms with E-state index in [-0.39, 0.29) is 29.8 Å². The summed E-state index contributed by atoms with van der Waals surface area (Å²) in [5.41, 5.74) is 7.16. The van der Waals surface area contributed by atoms with Crippen LogP contribution >= 0.6 is 0 Å². The van der Waals surface area contributed by atoms with Crippen LogP contribution in [-0.4, -0.2) is 123 Å². The number of H-pyrrole nitrogens is 1. The predicted octanol–water partition coefficient (Wildman–Crippen LogP) is 5.60. The predicted molar refractivity (Wildman–Crippen MR) is 250 cm³/mol. The normalized spacial score (nSPS) is 16.0. The second-order valence-electron chi connectivity index (χ2n) is 17.2. The highest BCUT2D eigenvalue weighted by Crippen LogP contribution is 2.42. The van der Waals surface area contributed by atoms with Crippen molar-refractivity contribution >= 4 is 68.8 Å². The Hall–Kier alpha value is -7.03. The smallest absolute Gasteiger partial charge is 0.289 e. The molecule has 6 heterocycles. The van der Waals surface area contributed by atoms with Crippen molar-refractivity contribution in [3.8, 4) is 11.1 Å². The molecule has 5 N–H and O–H groups in total. The van der Waals surface area contributed by atoms with Gasteiger partial charge in [0.1, 0.15) is 29.1 Å². The molecule has 1 saturated heterocycles. The summed E-state index contributed by atoms with van der Waals surface area (Å²) in [6, 6.07) is 10.2. The van der Waals surface area contributed by atoms with E-state index >= 15 is 0 Å². The summed E-state index contributed by atoms with van der Waals surface area (Å²) in [6.07, 6.45) is 3.61. The number of anilines is 3. The van der Waals surface area contributed by atoms with Crippen LogP contribution in [0.5, 0.6) is 0 Å². The van der Waals surface area contributed by atoms with Gasteiger partial charge in [0.2, 0.25) is 17.6 Å². The number of carbonyl (C=O) groups is 5. The average Bonchev–Trinajstić information content (AvgIpc) is 3.78. The van der Waals surface area contributed by atoms with Crippen molar-refractivity contribution in [3.05, 3.63) is 76.1 Å². The van der Waals surface area contributed by atoms with Crippen LogP contribution in [0.25, 0.3) is 33.1 Å². The van der Waals surface area contributed by atoms with E-state index in [2.05, 4.69) is 56.5 Å². The number of imide groups is 2. The van der Waals surface area contributed by atoms with Crippen LogP contribution in [0.15, 0.2) is 40.9 Å². The Bertz CT molecular complexity index is 2900. The first kappa shape index (κ1) is 46.1. The number of aromatic nitrogens is 6. The molecule has 1 atom stereocenters. The minimum atomic E-state index is -1.02. The first-order chi connectivity index (χ1) is 33.0. The summed E-state index contributed by atoms with van der Waals surface area (Å²) in [4.78, 5) is 77.9. The number of nitrogens with one attached hydrogen (secondary N) is 5. The molecule has 2 aromatic carbocycles. The van der Waals surface area contributed by atoms with E-state index < -0.39 is 35.6 Å². The molecule has 9 rings (SSSR count). The number of nitrogens with zero attached hydrogens (tertiary/aromatic N) is 6. The van der Waals surface area contributed by atoms with Crippen molar-refractivity contribution in [1.29, 1.82) is 0 Å². The van der Waals surface area contributed by atoms with Gasteiger partial charge < -0.3 is 39.7 Å². The lowest BCUT2D eigenvalue weighted by atomic mass is 9.97. The number of carbonyl (C=O) groups excluding carboxylic acids is 5. The Morgan fingerprint density at radius 1 is 0.868 bits per heavy atom. The fraction of sp³-hybridized carbons (Fsp3) is 0.438. The van der Waals surface area contributed by atoms with Crippen LogP contribution in [-0.2, 0) is 30.3 Å². The summed E-state index contributed by atoms with van der Waals surface area (Å²) < 4.78 is 24.5. The topological polar surface area (TPSA) is 250 Å². The molecule has 0 radical (unpaired) electrons. The molecule has 0 bridgehead atoms. The molecule has 20 heteroatoms. The number of fused-ring (bicyclic) bond motifs is 4. The zero-order chi connectivity index (χ0) is 47.5. The van der Waals surface area contributed by atoms with Crippen molar-refractivity contribution < 1.29 is 42.7 Å². The third-order valence-electron chi connectivity index (χ3n) is 12.4. The van der Waals surface area contributed by atoms with Crippen molar-refractivity contribution in [2.24, 2.45) is 0 Å². The highest BCUT2D eigenvalue weighted by molar-refractivity contribution is 6.25. The zero-order valence-corrected chi connectivity index (χ0v) is 38.6. The summed E-state index contributed by atoms with van der Waals surface area (Å²) in [5.74, 6) is -0.0308. The first-order valence-electron chi connectivity index (χ1n) is 23.2. The number of aryl methyl sites for hydroxylation is 4. The third kappa shape index (κ3) is 9.56. The molecule has 2 fully saturated rings. The molecular weight excluding hydrogens is 875 g/mol. The number of ether oxygens (including phenoxy) is 3. The van der Waals surface area contributed by atoms with Crippen molar-refractivity contribution in [2.75, 3.05) is 63.4 Å². The number of hydrogen-bond donors (Lipinski definition) is 5. The van der Waals surface area contributed by atoms with Gasteiger partial charge in [0.25, 0.3) is 17.7 Å². The lowest BCUT2D eigenvalue weighted by Gasteiger charge is -2.27. The molecule has 68 heavy (non-hydrogen) atoms. The van der Waals surface area contributed by atoms with Crippen LogP contribution < -0.4 is 21.3 Å². The van der Waals surface area contributed by atoms with Gasteiger partial charge >= 0.3 is 0 Å². The Morgan fingerprint density at radius 2 is 1.62 bits per heavy atom. The summed E-state index contributed by atoms with van der Waals surface area (Å²) in [5, 5.41) is 22.6. The minimum absolute atomic E-state index is 0.0284. The van der Waals surface area contributed by atoms with Gasteiger partial charge in [-0.15, -0.1) is 0 Å². The van der Waals surface area contributed by atoms with Crippen molar-refractivity contribution in [1.82, 2.24) is 45.4 Å². The summed E-state index contributed by atoms with van der Waals surface area (Å²) >= 11 is 0. The van der Waals surface area contributed by atoms with Crippen LogP contribution in [0.2, 0.25) is 0 Å². The lowest BCUT2D eigenvalue weighted by Crippen LogP contribution is -2.54. The van der Waals surface area contributed by atoms with E-state index in [1.807, 2.05) is 25.5 Å². The molecule has 6 aromatic rings. The monoisotopic (exact) mass is 929 g/mol. The molecule has 5 amide bonds. The van der Waals surface area contributed by atoms with Gasteiger partial charge in [-0.05, 0) is 95.2 Å². The molecule has 1 saturated carbocycles. The maximum atomic E-state index is 13.6. The number of benzene rings is 2. The average molecular weight is 930 g/mol. The Balaban J connectivity index is 0.707. The zero-order valence-electron chi connectivity index (χ0n) is 38.6. The van der Waals surface area contributed by atoms with Crippen LogP contribution in [0, 0.1) is 20.8 Å². The van der Waals surface area contributed by atoms with E-state index in [9.17, 15) is 24.0 Å². The van der Waals surface area contributed by atoms with E-state index in [1.165, 1.54) is 0 Å². The summed E-state index contributed by atoms with van der Waals surface area (Å²) in [7, 11) is 0. The SMILES string of the molecule is CCn1nc(C2CC2)cc1Nc1nc(C(=O)NCCCOCCOCCOCCCNc2cccc3c2C(=O)N(C2CCC(=O)NC2=O)C3=O)nc2[nH]c3cc(-c4c(C)noc4C)c(C)cc3c12. The molecule has 4 aromatic heterocycles. The quantitative estimate of drug-likeness (QED) is 0.0411. The maximum Gasteiger partial charge on any atom is 0.289 e. The minimum Gasteiger partial charge on any atom is -0.384 e. The highest BCUT2D eigenvalue weighted by Gasteiger charge is 2.45. The molecule has 2 aliphatic heterocycles. The van der Waals surface area contributed by atoms with Gasteiger partial charge in [0, 0.05) is 73.4 Å². The summed E-state index contributed by atoms with van der Waals surface area (Å²) in [6.45, 7) is 11.8. The van der Waals surface area contributed by atoms with Gasteiger partial charge in [-0.2, -0.15) is 5.10 Å². The molecule has 3 aliphatic rings. The number of hydrogen-bond acceptors (Lipinski definition) is 15. The van der Waals surface area contributed by atoms with E-state index in [4.69, 9.17) is 33.8 Å². The highest BCUT2D eigenvalue weighted by atomic mass is 16.5. The van der Waals surface area contributed by atoms with Crippen molar-refractivity contribution in [3.63, 3.8) is 0 Å². The van der Waals surface area contributed by atoms with Gasteiger partial charge in [-0.1, -0.05) is 11.2 Å². The largest absolute Gasteiger partial charge is 0.384 e. The van der Waals surface area contributed by atoms with Crippen molar-refractivity contribution in [2.45, 2.75) is 84.7 Å². The van der Waals surface area contributed by atoms with Crippen LogP contribution in [0.3, 0.4) is 0 Å². The van der Waals surface area contributed by atoms with E-state index in [1.54, 1.807) is 18.2 Å². The molecule has 1 unspecified atom stereocenters. The Labute approximate surface area is 391 Å². The number of rotatable bonds is 22.